The molecule has 0 aromatic carbocycles. The average molecular weight is 261 g/mol. The van der Waals surface area contributed by atoms with Gasteiger partial charge >= 0.3 is 0 Å². The number of nitrogens with zero attached hydrogens (tertiary/aromatic N) is 2. The Kier molecular flexibility index (Phi) is 3.66. The van der Waals surface area contributed by atoms with Crippen LogP contribution in [0.5, 0.6) is 0 Å². The van der Waals surface area contributed by atoms with Crippen molar-refractivity contribution >= 4 is 0 Å². The largest absolute Gasteiger partial charge is 0.468 e. The fourth-order valence-electron chi connectivity index (χ4n) is 2.59. The lowest BCUT2D eigenvalue weighted by Gasteiger charge is -2.17. The van der Waals surface area contributed by atoms with Crippen molar-refractivity contribution in [2.24, 2.45) is 13.0 Å². The summed E-state index contributed by atoms with van der Waals surface area (Å²) >= 11 is 0. The smallest absolute Gasteiger partial charge is 0.117 e. The molecule has 0 spiro atoms. The molecule has 5 nitrogen and oxygen atoms in total. The van der Waals surface area contributed by atoms with Gasteiger partial charge in [-0.3, -0.25) is 4.68 Å². The van der Waals surface area contributed by atoms with E-state index >= 15 is 0 Å². The van der Waals surface area contributed by atoms with E-state index in [1.54, 1.807) is 6.26 Å². The molecule has 2 aromatic heterocycles. The van der Waals surface area contributed by atoms with Crippen LogP contribution < -0.4 is 5.32 Å². The molecule has 1 aliphatic rings. The van der Waals surface area contributed by atoms with Crippen molar-refractivity contribution < 1.29 is 9.15 Å². The maximum absolute atomic E-state index is 5.84. The van der Waals surface area contributed by atoms with Gasteiger partial charge in [0.1, 0.15) is 5.76 Å². The van der Waals surface area contributed by atoms with Crippen molar-refractivity contribution in [2.75, 3.05) is 13.2 Å². The first kappa shape index (κ1) is 12.4. The van der Waals surface area contributed by atoms with Crippen molar-refractivity contribution in [2.45, 2.75) is 19.1 Å². The number of ether oxygens (including phenoxy) is 1. The van der Waals surface area contributed by atoms with Crippen molar-refractivity contribution in [1.29, 1.82) is 0 Å². The van der Waals surface area contributed by atoms with Crippen LogP contribution in [0.4, 0.5) is 0 Å². The molecule has 0 bridgehead atoms. The maximum Gasteiger partial charge on any atom is 0.117 e. The SMILES string of the molecule is Cn1cc(C2OCCC2CNCc2ccco2)cn1. The highest BCUT2D eigenvalue weighted by Crippen LogP contribution is 2.33. The van der Waals surface area contributed by atoms with E-state index in [0.717, 1.165) is 31.9 Å². The van der Waals surface area contributed by atoms with E-state index in [4.69, 9.17) is 9.15 Å². The van der Waals surface area contributed by atoms with Gasteiger partial charge in [-0.15, -0.1) is 0 Å². The molecule has 2 aromatic rings. The third-order valence-corrected chi connectivity index (χ3v) is 3.55. The number of rotatable bonds is 5. The van der Waals surface area contributed by atoms with Crippen molar-refractivity contribution in [3.63, 3.8) is 0 Å². The van der Waals surface area contributed by atoms with Gasteiger partial charge in [0.25, 0.3) is 0 Å². The lowest BCUT2D eigenvalue weighted by Crippen LogP contribution is -2.24. The summed E-state index contributed by atoms with van der Waals surface area (Å²) in [5.74, 6) is 1.47. The van der Waals surface area contributed by atoms with Crippen LogP contribution in [0.3, 0.4) is 0 Å². The van der Waals surface area contributed by atoms with Crippen LogP contribution in [0, 0.1) is 5.92 Å². The van der Waals surface area contributed by atoms with Gasteiger partial charge in [0.2, 0.25) is 0 Å². The van der Waals surface area contributed by atoms with Crippen LogP contribution in [-0.4, -0.2) is 22.9 Å². The van der Waals surface area contributed by atoms with Crippen molar-refractivity contribution in [3.05, 3.63) is 42.1 Å². The number of aryl methyl sites for hydroxylation is 1. The van der Waals surface area contributed by atoms with E-state index in [-0.39, 0.29) is 6.10 Å². The third-order valence-electron chi connectivity index (χ3n) is 3.55. The Morgan fingerprint density at radius 2 is 2.47 bits per heavy atom. The second kappa shape index (κ2) is 5.59. The molecule has 19 heavy (non-hydrogen) atoms. The second-order valence-corrected chi connectivity index (χ2v) is 5.00. The monoisotopic (exact) mass is 261 g/mol. The molecule has 0 amide bonds. The number of hydrogen-bond acceptors (Lipinski definition) is 4. The minimum Gasteiger partial charge on any atom is -0.468 e. The zero-order valence-electron chi connectivity index (χ0n) is 11.1. The van der Waals surface area contributed by atoms with E-state index in [0.29, 0.717) is 5.92 Å². The summed E-state index contributed by atoms with van der Waals surface area (Å²) in [6, 6.07) is 3.89. The first-order valence-corrected chi connectivity index (χ1v) is 6.66. The first-order valence-electron chi connectivity index (χ1n) is 6.66. The number of hydrogen-bond donors (Lipinski definition) is 1. The van der Waals surface area contributed by atoms with Gasteiger partial charge in [-0.1, -0.05) is 0 Å². The van der Waals surface area contributed by atoms with Crippen LogP contribution in [0.1, 0.15) is 23.8 Å². The fraction of sp³-hybridized carbons (Fsp3) is 0.500. The summed E-state index contributed by atoms with van der Waals surface area (Å²) in [4.78, 5) is 0. The summed E-state index contributed by atoms with van der Waals surface area (Å²) in [7, 11) is 1.93. The van der Waals surface area contributed by atoms with Gasteiger partial charge in [0, 0.05) is 37.9 Å². The minimum atomic E-state index is 0.165. The van der Waals surface area contributed by atoms with Crippen LogP contribution in [0.25, 0.3) is 0 Å². The molecule has 0 saturated carbocycles. The van der Waals surface area contributed by atoms with Crippen LogP contribution >= 0.6 is 0 Å². The Morgan fingerprint density at radius 1 is 1.53 bits per heavy atom. The summed E-state index contributed by atoms with van der Waals surface area (Å²) in [5.41, 5.74) is 1.17. The van der Waals surface area contributed by atoms with Crippen molar-refractivity contribution in [3.8, 4) is 0 Å². The van der Waals surface area contributed by atoms with E-state index in [1.165, 1.54) is 5.56 Å². The van der Waals surface area contributed by atoms with E-state index in [9.17, 15) is 0 Å². The Morgan fingerprint density at radius 3 is 3.21 bits per heavy atom. The highest BCUT2D eigenvalue weighted by atomic mass is 16.5. The van der Waals surface area contributed by atoms with Crippen LogP contribution in [0.2, 0.25) is 0 Å². The summed E-state index contributed by atoms with van der Waals surface area (Å²) in [6.07, 6.45) is 6.89. The van der Waals surface area contributed by atoms with Gasteiger partial charge in [0.15, 0.2) is 0 Å². The quantitative estimate of drug-likeness (QED) is 0.893. The normalized spacial score (nSPS) is 23.0. The maximum atomic E-state index is 5.84. The molecular formula is C14H19N3O2. The minimum absolute atomic E-state index is 0.165. The number of nitrogens with one attached hydrogen (secondary N) is 1. The molecule has 1 aliphatic heterocycles. The van der Waals surface area contributed by atoms with Crippen LogP contribution in [-0.2, 0) is 18.3 Å². The molecule has 1 saturated heterocycles. The molecule has 3 heterocycles. The van der Waals surface area contributed by atoms with Gasteiger partial charge in [0.05, 0.1) is 25.1 Å². The van der Waals surface area contributed by atoms with Gasteiger partial charge in [-0.05, 0) is 18.6 Å². The second-order valence-electron chi connectivity index (χ2n) is 5.00. The molecule has 1 N–H and O–H groups in total. The summed E-state index contributed by atoms with van der Waals surface area (Å²) in [6.45, 7) is 2.52. The molecule has 102 valence electrons. The van der Waals surface area contributed by atoms with E-state index in [2.05, 4.69) is 10.4 Å². The topological polar surface area (TPSA) is 52.2 Å². The molecule has 2 atom stereocenters. The summed E-state index contributed by atoms with van der Waals surface area (Å²) in [5, 5.41) is 7.65. The molecule has 1 fully saturated rings. The molecule has 0 aliphatic carbocycles. The molecular weight excluding hydrogens is 242 g/mol. The number of furan rings is 1. The Hall–Kier alpha value is -1.59. The van der Waals surface area contributed by atoms with E-state index < -0.39 is 0 Å². The zero-order chi connectivity index (χ0) is 13.1. The van der Waals surface area contributed by atoms with Crippen molar-refractivity contribution in [1.82, 2.24) is 15.1 Å². The van der Waals surface area contributed by atoms with Gasteiger partial charge < -0.3 is 14.5 Å². The molecule has 5 heteroatoms. The Balaban J connectivity index is 1.55. The van der Waals surface area contributed by atoms with Gasteiger partial charge in [-0.2, -0.15) is 5.10 Å². The highest BCUT2D eigenvalue weighted by Gasteiger charge is 2.30. The molecule has 0 radical (unpaired) electrons. The fourth-order valence-corrected chi connectivity index (χ4v) is 2.59. The van der Waals surface area contributed by atoms with Gasteiger partial charge in [-0.25, -0.2) is 0 Å². The number of aromatic nitrogens is 2. The molecule has 3 rings (SSSR count). The zero-order valence-corrected chi connectivity index (χ0v) is 11.1. The summed E-state index contributed by atoms with van der Waals surface area (Å²) < 4.78 is 13.0. The Bertz CT molecular complexity index is 507. The predicted molar refractivity (Wildman–Crippen MR) is 70.4 cm³/mol. The predicted octanol–water partition coefficient (Wildman–Crippen LogP) is 1.88. The first-order chi connectivity index (χ1) is 9.33. The lowest BCUT2D eigenvalue weighted by molar-refractivity contribution is 0.0903. The highest BCUT2D eigenvalue weighted by molar-refractivity contribution is 5.11. The van der Waals surface area contributed by atoms with E-state index in [1.807, 2.05) is 36.3 Å². The Labute approximate surface area is 112 Å². The third kappa shape index (κ3) is 2.88. The lowest BCUT2D eigenvalue weighted by atomic mass is 9.97. The average Bonchev–Trinajstić information content (AvgIpc) is 3.10. The standard InChI is InChI=1S/C14H19N3O2/c1-17-10-12(8-16-17)14-11(4-6-19-14)7-15-9-13-3-2-5-18-13/h2-3,5,8,10-11,14-15H,4,6-7,9H2,1H3. The van der Waals surface area contributed by atoms with Crippen LogP contribution in [0.15, 0.2) is 35.2 Å². The molecule has 2 unspecified atom stereocenters.